The summed E-state index contributed by atoms with van der Waals surface area (Å²) in [5, 5.41) is 8.89. The molecule has 1 amide bonds. The summed E-state index contributed by atoms with van der Waals surface area (Å²) in [6.45, 7) is 1.92. The van der Waals surface area contributed by atoms with Crippen LogP contribution in [0.3, 0.4) is 0 Å². The summed E-state index contributed by atoms with van der Waals surface area (Å²) in [6.07, 6.45) is -0.513. The predicted molar refractivity (Wildman–Crippen MR) is 46.0 cm³/mol. The van der Waals surface area contributed by atoms with Crippen molar-refractivity contribution < 1.29 is 9.90 Å². The van der Waals surface area contributed by atoms with E-state index in [9.17, 15) is 4.79 Å². The van der Waals surface area contributed by atoms with Gasteiger partial charge in [-0.25, -0.2) is 0 Å². The fourth-order valence-electron chi connectivity index (χ4n) is 0.615. The highest BCUT2D eigenvalue weighted by atomic mass is 79.9. The highest BCUT2D eigenvalue weighted by Gasteiger charge is 2.06. The van der Waals surface area contributed by atoms with Crippen molar-refractivity contribution in [2.45, 2.75) is 13.0 Å². The lowest BCUT2D eigenvalue weighted by Gasteiger charge is -2.14. The quantitative estimate of drug-likeness (QED) is 0.674. The Kier molecular flexibility index (Phi) is 4.92. The molecule has 0 aromatic rings. The molecule has 0 heterocycles. The molecule has 0 radical (unpaired) electrons. The molecule has 3 nitrogen and oxygen atoms in total. The van der Waals surface area contributed by atoms with Crippen LogP contribution >= 0.6 is 15.9 Å². The summed E-state index contributed by atoms with van der Waals surface area (Å²) in [4.78, 5) is 14.6. The zero-order chi connectivity index (χ0) is 8.85. The molecule has 0 saturated carbocycles. The summed E-state index contributed by atoms with van der Waals surface area (Å²) in [7, 11) is 1.59. The zero-order valence-electron chi connectivity index (χ0n) is 6.47. The van der Waals surface area contributed by atoms with E-state index in [2.05, 4.69) is 26.7 Å². The second-order valence-corrected chi connectivity index (χ2v) is 2.65. The maximum Gasteiger partial charge on any atom is 0.299 e. The van der Waals surface area contributed by atoms with Crippen molar-refractivity contribution in [1.29, 1.82) is 0 Å². The molecule has 62 valence electrons. The van der Waals surface area contributed by atoms with E-state index >= 15 is 0 Å². The normalized spacial score (nSPS) is 11.3. The molecule has 0 spiro atoms. The average Bonchev–Trinajstić information content (AvgIpc) is 1.86. The zero-order valence-corrected chi connectivity index (χ0v) is 8.05. The van der Waals surface area contributed by atoms with Crippen LogP contribution in [0.2, 0.25) is 0 Å². The fraction of sp³-hybridized carbons (Fsp3) is 0.571. The number of nitrogens with zero attached hydrogens (tertiary/aromatic N) is 1. The maximum atomic E-state index is 10.9. The van der Waals surface area contributed by atoms with Crippen molar-refractivity contribution in [3.05, 3.63) is 0 Å². The first-order valence-corrected chi connectivity index (χ1v) is 3.92. The van der Waals surface area contributed by atoms with E-state index in [1.807, 2.05) is 0 Å². The number of carbonyl (C=O) groups excluding carboxylic acids is 1. The van der Waals surface area contributed by atoms with Crippen molar-refractivity contribution in [1.82, 2.24) is 4.90 Å². The molecule has 11 heavy (non-hydrogen) atoms. The summed E-state index contributed by atoms with van der Waals surface area (Å²) in [5.41, 5.74) is 0. The van der Waals surface area contributed by atoms with E-state index in [0.29, 0.717) is 6.54 Å². The molecule has 1 atom stereocenters. The number of aliphatic hydroxyl groups is 1. The largest absolute Gasteiger partial charge is 0.392 e. The number of rotatable bonds is 2. The van der Waals surface area contributed by atoms with E-state index < -0.39 is 6.10 Å². The van der Waals surface area contributed by atoms with E-state index in [4.69, 9.17) is 5.11 Å². The third kappa shape index (κ3) is 4.82. The van der Waals surface area contributed by atoms with E-state index in [0.717, 1.165) is 0 Å². The number of aliphatic hydroxyl groups excluding tert-OH is 1. The minimum atomic E-state index is -0.513. The molecule has 0 aromatic carbocycles. The van der Waals surface area contributed by atoms with Crippen molar-refractivity contribution in [3.8, 4) is 10.8 Å². The molecule has 0 saturated heterocycles. The van der Waals surface area contributed by atoms with Gasteiger partial charge in [-0.3, -0.25) is 4.79 Å². The number of carbonyl (C=O) groups is 1. The third-order valence-electron chi connectivity index (χ3n) is 1.04. The summed E-state index contributed by atoms with van der Waals surface area (Å²) >= 11 is 2.81. The maximum absolute atomic E-state index is 10.9. The number of hydrogen-bond donors (Lipinski definition) is 1. The molecule has 0 unspecified atom stereocenters. The summed E-state index contributed by atoms with van der Waals surface area (Å²) < 4.78 is 0. The van der Waals surface area contributed by atoms with Crippen LogP contribution in [0.5, 0.6) is 0 Å². The van der Waals surface area contributed by atoms with Gasteiger partial charge in [-0.15, -0.1) is 0 Å². The number of likely N-dealkylation sites (N-methyl/N-ethyl adjacent to an activating group) is 1. The molecule has 0 aliphatic carbocycles. The lowest BCUT2D eigenvalue weighted by molar-refractivity contribution is -0.124. The van der Waals surface area contributed by atoms with Crippen LogP contribution in [-0.4, -0.2) is 35.6 Å². The second-order valence-electron chi connectivity index (χ2n) is 2.25. The minimum Gasteiger partial charge on any atom is -0.392 e. The molecular formula is C7H10BrNO2. The van der Waals surface area contributed by atoms with Gasteiger partial charge in [0.15, 0.2) is 0 Å². The van der Waals surface area contributed by atoms with Crippen LogP contribution in [0.15, 0.2) is 0 Å². The van der Waals surface area contributed by atoms with Gasteiger partial charge in [-0.1, -0.05) is 0 Å². The molecule has 4 heteroatoms. The Hall–Kier alpha value is -0.530. The highest BCUT2D eigenvalue weighted by Crippen LogP contribution is 1.88. The van der Waals surface area contributed by atoms with Crippen LogP contribution in [-0.2, 0) is 4.79 Å². The van der Waals surface area contributed by atoms with Crippen LogP contribution < -0.4 is 0 Å². The SMILES string of the molecule is C[C@@H](O)CN(C)C(=O)C#CBr. The van der Waals surface area contributed by atoms with Crippen molar-refractivity contribution in [3.63, 3.8) is 0 Å². The smallest absolute Gasteiger partial charge is 0.299 e. The van der Waals surface area contributed by atoms with Gasteiger partial charge in [-0.2, -0.15) is 0 Å². The molecular weight excluding hydrogens is 210 g/mol. The van der Waals surface area contributed by atoms with Crippen LogP contribution in [0, 0.1) is 10.8 Å². The Bertz CT molecular complexity index is 192. The van der Waals surface area contributed by atoms with Crippen molar-refractivity contribution >= 4 is 21.8 Å². The van der Waals surface area contributed by atoms with Gasteiger partial charge in [0.25, 0.3) is 5.91 Å². The molecule has 0 aliphatic heterocycles. The fourth-order valence-corrected chi connectivity index (χ4v) is 0.785. The number of hydrogen-bond acceptors (Lipinski definition) is 2. The van der Waals surface area contributed by atoms with Gasteiger partial charge in [0.1, 0.15) is 0 Å². The third-order valence-corrected chi connectivity index (χ3v) is 1.24. The van der Waals surface area contributed by atoms with Crippen LogP contribution in [0.4, 0.5) is 0 Å². The summed E-state index contributed by atoms with van der Waals surface area (Å²) in [5.74, 6) is 1.99. The molecule has 1 N–H and O–H groups in total. The minimum absolute atomic E-state index is 0.303. The molecule has 0 bridgehead atoms. The van der Waals surface area contributed by atoms with Crippen molar-refractivity contribution in [2.24, 2.45) is 0 Å². The number of amides is 1. The van der Waals surface area contributed by atoms with E-state index in [1.165, 1.54) is 4.90 Å². The standard InChI is InChI=1S/C7H10BrNO2/c1-6(10)5-9(2)7(11)3-4-8/h6,10H,5H2,1-2H3/t6-/m1/s1. The van der Waals surface area contributed by atoms with Gasteiger partial charge in [0.05, 0.1) is 6.10 Å². The Labute approximate surface area is 74.5 Å². The monoisotopic (exact) mass is 219 g/mol. The Morgan fingerprint density at radius 1 is 1.82 bits per heavy atom. The van der Waals surface area contributed by atoms with Gasteiger partial charge < -0.3 is 10.0 Å². The van der Waals surface area contributed by atoms with Crippen LogP contribution in [0.1, 0.15) is 6.92 Å². The molecule has 0 fully saturated rings. The van der Waals surface area contributed by atoms with Gasteiger partial charge in [-0.05, 0) is 11.8 Å². The Morgan fingerprint density at radius 3 is 2.73 bits per heavy atom. The van der Waals surface area contributed by atoms with Gasteiger partial charge in [0.2, 0.25) is 0 Å². The number of halogens is 1. The van der Waals surface area contributed by atoms with Gasteiger partial charge >= 0.3 is 0 Å². The first-order chi connectivity index (χ1) is 5.07. The summed E-state index contributed by atoms with van der Waals surface area (Å²) in [6, 6.07) is 0. The van der Waals surface area contributed by atoms with Crippen molar-refractivity contribution in [2.75, 3.05) is 13.6 Å². The molecule has 0 rings (SSSR count). The Morgan fingerprint density at radius 2 is 2.36 bits per heavy atom. The predicted octanol–water partition coefficient (Wildman–Crippen LogP) is 0.181. The van der Waals surface area contributed by atoms with E-state index in [-0.39, 0.29) is 5.91 Å². The lowest BCUT2D eigenvalue weighted by atomic mass is 10.4. The Balaban J connectivity index is 3.89. The second kappa shape index (κ2) is 5.16. The van der Waals surface area contributed by atoms with E-state index in [1.54, 1.807) is 14.0 Å². The molecule has 0 aliphatic rings. The lowest BCUT2D eigenvalue weighted by Crippen LogP contribution is -2.31. The van der Waals surface area contributed by atoms with Gasteiger partial charge in [0, 0.05) is 35.4 Å². The molecule has 0 aromatic heterocycles. The highest BCUT2D eigenvalue weighted by molar-refractivity contribution is 9.12. The van der Waals surface area contributed by atoms with Crippen LogP contribution in [0.25, 0.3) is 0 Å². The topological polar surface area (TPSA) is 40.5 Å². The first kappa shape index (κ1) is 10.5. The average molecular weight is 220 g/mol. The first-order valence-electron chi connectivity index (χ1n) is 3.12.